The van der Waals surface area contributed by atoms with E-state index in [0.717, 1.165) is 0 Å². The molecule has 0 radical (unpaired) electrons. The molecule has 2 rings (SSSR count). The highest BCUT2D eigenvalue weighted by atomic mass is 35.5. The van der Waals surface area contributed by atoms with Gasteiger partial charge in [-0.2, -0.15) is 5.10 Å². The smallest absolute Gasteiger partial charge is 0.131 e. The number of benzene rings is 1. The summed E-state index contributed by atoms with van der Waals surface area (Å²) in [6, 6.07) is 4.38. The fourth-order valence-corrected chi connectivity index (χ4v) is 1.87. The van der Waals surface area contributed by atoms with E-state index in [1.54, 1.807) is 20.0 Å². The molecule has 0 saturated heterocycles. The summed E-state index contributed by atoms with van der Waals surface area (Å²) in [4.78, 5) is 0. The first-order chi connectivity index (χ1) is 7.50. The van der Waals surface area contributed by atoms with Crippen LogP contribution in [0, 0.1) is 12.7 Å². The van der Waals surface area contributed by atoms with Crippen molar-refractivity contribution in [2.75, 3.05) is 5.73 Å². The van der Waals surface area contributed by atoms with Gasteiger partial charge >= 0.3 is 0 Å². The monoisotopic (exact) mass is 239 g/mol. The first-order valence-corrected chi connectivity index (χ1v) is 5.13. The van der Waals surface area contributed by atoms with Crippen molar-refractivity contribution >= 4 is 17.4 Å². The molecule has 0 spiro atoms. The van der Waals surface area contributed by atoms with Gasteiger partial charge in [0.05, 0.1) is 5.69 Å². The van der Waals surface area contributed by atoms with Crippen LogP contribution in [0.3, 0.4) is 0 Å². The second kappa shape index (κ2) is 3.79. The normalized spacial score (nSPS) is 10.8. The molecule has 16 heavy (non-hydrogen) atoms. The zero-order chi connectivity index (χ0) is 11.9. The zero-order valence-corrected chi connectivity index (χ0v) is 9.72. The lowest BCUT2D eigenvalue weighted by atomic mass is 10.1. The van der Waals surface area contributed by atoms with E-state index in [0.29, 0.717) is 27.7 Å². The van der Waals surface area contributed by atoms with Crippen molar-refractivity contribution in [3.63, 3.8) is 0 Å². The Kier molecular flexibility index (Phi) is 2.59. The third kappa shape index (κ3) is 1.65. The summed E-state index contributed by atoms with van der Waals surface area (Å²) in [6.07, 6.45) is 0. The van der Waals surface area contributed by atoms with Gasteiger partial charge in [0, 0.05) is 23.2 Å². The van der Waals surface area contributed by atoms with E-state index in [4.69, 9.17) is 17.3 Å². The van der Waals surface area contributed by atoms with Gasteiger partial charge in [-0.25, -0.2) is 4.39 Å². The molecule has 5 heteroatoms. The molecule has 1 aromatic carbocycles. The number of rotatable bonds is 1. The lowest BCUT2D eigenvalue weighted by Gasteiger charge is -2.04. The van der Waals surface area contributed by atoms with Gasteiger partial charge in [-0.15, -0.1) is 0 Å². The van der Waals surface area contributed by atoms with Crippen LogP contribution < -0.4 is 5.73 Å². The van der Waals surface area contributed by atoms with Crippen molar-refractivity contribution in [2.24, 2.45) is 7.05 Å². The van der Waals surface area contributed by atoms with Gasteiger partial charge in [0.2, 0.25) is 0 Å². The standard InChI is InChI=1S/C11H11ClFN3/c1-6-10(11(14)16(2)15-6)8-5-7(12)3-4-9(8)13/h3-5H,14H2,1-2H3. The Morgan fingerprint density at radius 2 is 2.12 bits per heavy atom. The lowest BCUT2D eigenvalue weighted by Crippen LogP contribution is -1.98. The van der Waals surface area contributed by atoms with Gasteiger partial charge in [-0.05, 0) is 25.1 Å². The fourth-order valence-electron chi connectivity index (χ4n) is 1.70. The van der Waals surface area contributed by atoms with Crippen LogP contribution in [0.5, 0.6) is 0 Å². The summed E-state index contributed by atoms with van der Waals surface area (Å²) in [6.45, 7) is 1.78. The maximum absolute atomic E-state index is 13.7. The second-order valence-corrected chi connectivity index (χ2v) is 4.03. The first-order valence-electron chi connectivity index (χ1n) is 4.75. The van der Waals surface area contributed by atoms with Gasteiger partial charge in [0.1, 0.15) is 11.6 Å². The minimum absolute atomic E-state index is 0.354. The summed E-state index contributed by atoms with van der Waals surface area (Å²) < 4.78 is 15.2. The molecule has 0 aliphatic carbocycles. The summed E-state index contributed by atoms with van der Waals surface area (Å²) in [5, 5.41) is 4.61. The Bertz CT molecular complexity index is 548. The molecular weight excluding hydrogens is 229 g/mol. The first kappa shape index (κ1) is 11.0. The molecule has 3 nitrogen and oxygen atoms in total. The van der Waals surface area contributed by atoms with Crippen molar-refractivity contribution in [3.8, 4) is 11.1 Å². The number of halogens is 2. The van der Waals surface area contributed by atoms with Crippen molar-refractivity contribution in [3.05, 3.63) is 34.7 Å². The molecule has 0 aliphatic rings. The number of aryl methyl sites for hydroxylation is 2. The Hall–Kier alpha value is -1.55. The van der Waals surface area contributed by atoms with E-state index in [1.807, 2.05) is 0 Å². The average molecular weight is 240 g/mol. The molecular formula is C11H11ClFN3. The van der Waals surface area contributed by atoms with Crippen LogP contribution in [-0.4, -0.2) is 9.78 Å². The maximum Gasteiger partial charge on any atom is 0.131 e. The maximum atomic E-state index is 13.7. The number of nitrogen functional groups attached to an aromatic ring is 1. The van der Waals surface area contributed by atoms with Gasteiger partial charge in [0.15, 0.2) is 0 Å². The molecule has 0 amide bonds. The highest BCUT2D eigenvalue weighted by Gasteiger charge is 2.16. The molecule has 1 heterocycles. The minimum atomic E-state index is -0.354. The van der Waals surface area contributed by atoms with Gasteiger partial charge in [-0.3, -0.25) is 4.68 Å². The zero-order valence-electron chi connectivity index (χ0n) is 8.96. The molecule has 1 aromatic heterocycles. The highest BCUT2D eigenvalue weighted by molar-refractivity contribution is 6.30. The van der Waals surface area contributed by atoms with Crippen LogP contribution in [0.2, 0.25) is 5.02 Å². The number of nitrogens with two attached hydrogens (primary N) is 1. The van der Waals surface area contributed by atoms with Crippen LogP contribution in [-0.2, 0) is 7.05 Å². The SMILES string of the molecule is Cc1nn(C)c(N)c1-c1cc(Cl)ccc1F. The molecule has 0 saturated carbocycles. The van der Waals surface area contributed by atoms with E-state index in [1.165, 1.54) is 16.8 Å². The molecule has 0 bridgehead atoms. The summed E-state index contributed by atoms with van der Waals surface area (Å²) >= 11 is 5.84. The lowest BCUT2D eigenvalue weighted by molar-refractivity contribution is 0.631. The molecule has 84 valence electrons. The van der Waals surface area contributed by atoms with E-state index < -0.39 is 0 Å². The Labute approximate surface area is 97.6 Å². The summed E-state index contributed by atoms with van der Waals surface area (Å²) in [5.41, 5.74) is 7.51. The van der Waals surface area contributed by atoms with Crippen LogP contribution in [0.1, 0.15) is 5.69 Å². The Balaban J connectivity index is 2.71. The predicted octanol–water partition coefficient (Wildman–Crippen LogP) is 2.77. The van der Waals surface area contributed by atoms with E-state index in [2.05, 4.69) is 5.10 Å². The Morgan fingerprint density at radius 3 is 2.69 bits per heavy atom. The van der Waals surface area contributed by atoms with Gasteiger partial charge < -0.3 is 5.73 Å². The molecule has 0 aliphatic heterocycles. The number of nitrogens with zero attached hydrogens (tertiary/aromatic N) is 2. The minimum Gasteiger partial charge on any atom is -0.383 e. The van der Waals surface area contributed by atoms with Crippen molar-refractivity contribution in [1.29, 1.82) is 0 Å². The van der Waals surface area contributed by atoms with Crippen molar-refractivity contribution in [1.82, 2.24) is 9.78 Å². The van der Waals surface area contributed by atoms with Crippen molar-refractivity contribution < 1.29 is 4.39 Å². The van der Waals surface area contributed by atoms with Crippen molar-refractivity contribution in [2.45, 2.75) is 6.92 Å². The topological polar surface area (TPSA) is 43.8 Å². The fraction of sp³-hybridized carbons (Fsp3) is 0.182. The number of hydrogen-bond acceptors (Lipinski definition) is 2. The molecule has 0 unspecified atom stereocenters. The summed E-state index contributed by atoms with van der Waals surface area (Å²) in [5.74, 6) is 0.0749. The van der Waals surface area contributed by atoms with Crippen LogP contribution in [0.25, 0.3) is 11.1 Å². The third-order valence-electron chi connectivity index (χ3n) is 2.46. The number of aromatic nitrogens is 2. The highest BCUT2D eigenvalue weighted by Crippen LogP contribution is 2.32. The molecule has 0 atom stereocenters. The van der Waals surface area contributed by atoms with Gasteiger partial charge in [0.25, 0.3) is 0 Å². The quantitative estimate of drug-likeness (QED) is 0.832. The number of hydrogen-bond donors (Lipinski definition) is 1. The second-order valence-electron chi connectivity index (χ2n) is 3.59. The molecule has 0 fully saturated rings. The Morgan fingerprint density at radius 1 is 1.44 bits per heavy atom. The van der Waals surface area contributed by atoms with E-state index >= 15 is 0 Å². The predicted molar refractivity (Wildman–Crippen MR) is 62.8 cm³/mol. The molecule has 2 N–H and O–H groups in total. The van der Waals surface area contributed by atoms with Crippen LogP contribution in [0.15, 0.2) is 18.2 Å². The van der Waals surface area contributed by atoms with E-state index in [-0.39, 0.29) is 5.82 Å². The summed E-state index contributed by atoms with van der Waals surface area (Å²) in [7, 11) is 1.72. The van der Waals surface area contributed by atoms with Gasteiger partial charge in [-0.1, -0.05) is 11.6 Å². The third-order valence-corrected chi connectivity index (χ3v) is 2.70. The largest absolute Gasteiger partial charge is 0.383 e. The van der Waals surface area contributed by atoms with Crippen LogP contribution >= 0.6 is 11.6 Å². The van der Waals surface area contributed by atoms with Crippen LogP contribution in [0.4, 0.5) is 10.2 Å². The number of anilines is 1. The van der Waals surface area contributed by atoms with E-state index in [9.17, 15) is 4.39 Å². The molecule has 2 aromatic rings. The average Bonchev–Trinajstić information content (AvgIpc) is 2.46.